The second kappa shape index (κ2) is 4.17. The molecular weight excluding hydrogens is 170 g/mol. The average Bonchev–Trinajstić information content (AvgIpc) is 2.36. The lowest BCUT2D eigenvalue weighted by atomic mass is 10.1. The summed E-state index contributed by atoms with van der Waals surface area (Å²) < 4.78 is 0. The highest BCUT2D eigenvalue weighted by atomic mass is 32.2. The molecule has 1 saturated heterocycles. The highest BCUT2D eigenvalue weighted by Crippen LogP contribution is 2.26. The summed E-state index contributed by atoms with van der Waals surface area (Å²) in [6.45, 7) is 6.05. The fourth-order valence-electron chi connectivity index (χ4n) is 1.27. The van der Waals surface area contributed by atoms with Crippen LogP contribution in [0.2, 0.25) is 0 Å². The van der Waals surface area contributed by atoms with Crippen LogP contribution in [0.25, 0.3) is 0 Å². The van der Waals surface area contributed by atoms with Crippen molar-refractivity contribution in [2.75, 3.05) is 5.75 Å². The number of rotatable bonds is 2. The Bertz CT molecular complexity index is 170. The van der Waals surface area contributed by atoms with Crippen LogP contribution in [-0.4, -0.2) is 23.0 Å². The Morgan fingerprint density at radius 3 is 2.67 bits per heavy atom. The standard InChI is InChI=1S/C9H17NOS/c1-6(2)9(11)10-8-4-5-12-7(8)3/h6-8H,4-5H2,1-3H3,(H,10,11). The molecule has 1 heterocycles. The Hall–Kier alpha value is -0.180. The molecule has 70 valence electrons. The highest BCUT2D eigenvalue weighted by molar-refractivity contribution is 8.00. The molecule has 1 aliphatic heterocycles. The normalized spacial score (nSPS) is 29.3. The van der Waals surface area contributed by atoms with E-state index in [1.165, 1.54) is 5.75 Å². The first-order valence-electron chi connectivity index (χ1n) is 4.53. The summed E-state index contributed by atoms with van der Waals surface area (Å²) in [7, 11) is 0. The average molecular weight is 187 g/mol. The molecule has 1 amide bonds. The van der Waals surface area contributed by atoms with Gasteiger partial charge in [-0.05, 0) is 12.2 Å². The first-order chi connectivity index (χ1) is 5.61. The van der Waals surface area contributed by atoms with Crippen molar-refractivity contribution in [1.29, 1.82) is 0 Å². The second-order valence-electron chi connectivity index (χ2n) is 3.63. The molecule has 0 aliphatic carbocycles. The van der Waals surface area contributed by atoms with Crippen molar-refractivity contribution in [2.45, 2.75) is 38.5 Å². The third-order valence-corrected chi connectivity index (χ3v) is 3.55. The molecular formula is C9H17NOS. The third kappa shape index (κ3) is 2.41. The minimum Gasteiger partial charge on any atom is -0.352 e. The zero-order chi connectivity index (χ0) is 9.14. The molecule has 0 radical (unpaired) electrons. The van der Waals surface area contributed by atoms with E-state index < -0.39 is 0 Å². The molecule has 0 aromatic rings. The lowest BCUT2D eigenvalue weighted by Gasteiger charge is -2.17. The van der Waals surface area contributed by atoms with Crippen LogP contribution < -0.4 is 5.32 Å². The molecule has 2 unspecified atom stereocenters. The van der Waals surface area contributed by atoms with Gasteiger partial charge in [0.15, 0.2) is 0 Å². The van der Waals surface area contributed by atoms with Gasteiger partial charge in [-0.2, -0.15) is 11.8 Å². The molecule has 12 heavy (non-hydrogen) atoms. The van der Waals surface area contributed by atoms with Crippen LogP contribution in [0, 0.1) is 5.92 Å². The van der Waals surface area contributed by atoms with Gasteiger partial charge in [-0.1, -0.05) is 20.8 Å². The van der Waals surface area contributed by atoms with E-state index in [0.29, 0.717) is 11.3 Å². The largest absolute Gasteiger partial charge is 0.352 e. The van der Waals surface area contributed by atoms with Crippen molar-refractivity contribution in [3.63, 3.8) is 0 Å². The molecule has 1 fully saturated rings. The van der Waals surface area contributed by atoms with Crippen LogP contribution >= 0.6 is 11.8 Å². The van der Waals surface area contributed by atoms with Gasteiger partial charge in [0.25, 0.3) is 0 Å². The molecule has 1 N–H and O–H groups in total. The van der Waals surface area contributed by atoms with Crippen molar-refractivity contribution in [2.24, 2.45) is 5.92 Å². The lowest BCUT2D eigenvalue weighted by molar-refractivity contribution is -0.124. The zero-order valence-electron chi connectivity index (χ0n) is 7.96. The Balaban J connectivity index is 2.35. The second-order valence-corrected chi connectivity index (χ2v) is 5.12. The Labute approximate surface area is 78.5 Å². The van der Waals surface area contributed by atoms with Gasteiger partial charge in [-0.25, -0.2) is 0 Å². The molecule has 2 nitrogen and oxygen atoms in total. The predicted molar refractivity (Wildman–Crippen MR) is 53.3 cm³/mol. The topological polar surface area (TPSA) is 29.1 Å². The summed E-state index contributed by atoms with van der Waals surface area (Å²) in [4.78, 5) is 11.3. The van der Waals surface area contributed by atoms with E-state index in [1.54, 1.807) is 0 Å². The molecule has 0 aromatic carbocycles. The van der Waals surface area contributed by atoms with E-state index in [0.717, 1.165) is 6.42 Å². The fraction of sp³-hybridized carbons (Fsp3) is 0.889. The van der Waals surface area contributed by atoms with Crippen molar-refractivity contribution in [3.05, 3.63) is 0 Å². The SMILES string of the molecule is CC(C)C(=O)NC1CCSC1C. The third-order valence-electron chi connectivity index (χ3n) is 2.23. The number of hydrogen-bond acceptors (Lipinski definition) is 2. The van der Waals surface area contributed by atoms with Gasteiger partial charge >= 0.3 is 0 Å². The van der Waals surface area contributed by atoms with E-state index >= 15 is 0 Å². The van der Waals surface area contributed by atoms with Crippen LogP contribution in [0.4, 0.5) is 0 Å². The molecule has 0 aromatic heterocycles. The number of hydrogen-bond donors (Lipinski definition) is 1. The van der Waals surface area contributed by atoms with Gasteiger partial charge < -0.3 is 5.32 Å². The predicted octanol–water partition coefficient (Wildman–Crippen LogP) is 1.65. The quantitative estimate of drug-likeness (QED) is 0.712. The Morgan fingerprint density at radius 1 is 1.58 bits per heavy atom. The number of carbonyl (C=O) groups is 1. The minimum atomic E-state index is 0.114. The van der Waals surface area contributed by atoms with Crippen LogP contribution in [0.5, 0.6) is 0 Å². The van der Waals surface area contributed by atoms with E-state index in [4.69, 9.17) is 0 Å². The molecule has 1 rings (SSSR count). The van der Waals surface area contributed by atoms with Gasteiger partial charge in [-0.3, -0.25) is 4.79 Å². The minimum absolute atomic E-state index is 0.114. The maximum Gasteiger partial charge on any atom is 0.222 e. The van der Waals surface area contributed by atoms with Gasteiger partial charge in [0, 0.05) is 17.2 Å². The van der Waals surface area contributed by atoms with Crippen molar-refractivity contribution in [3.8, 4) is 0 Å². The summed E-state index contributed by atoms with van der Waals surface area (Å²) >= 11 is 1.94. The Morgan fingerprint density at radius 2 is 2.25 bits per heavy atom. The monoisotopic (exact) mass is 187 g/mol. The fourth-order valence-corrected chi connectivity index (χ4v) is 2.47. The number of amides is 1. The van der Waals surface area contributed by atoms with E-state index in [-0.39, 0.29) is 11.8 Å². The van der Waals surface area contributed by atoms with Gasteiger partial charge in [0.1, 0.15) is 0 Å². The number of thioether (sulfide) groups is 1. The zero-order valence-corrected chi connectivity index (χ0v) is 8.78. The van der Waals surface area contributed by atoms with Crippen LogP contribution in [0.15, 0.2) is 0 Å². The summed E-state index contributed by atoms with van der Waals surface area (Å²) in [5, 5.41) is 3.66. The molecule has 0 spiro atoms. The van der Waals surface area contributed by atoms with Crippen molar-refractivity contribution < 1.29 is 4.79 Å². The van der Waals surface area contributed by atoms with E-state index in [2.05, 4.69) is 12.2 Å². The maximum atomic E-state index is 11.3. The molecule has 0 bridgehead atoms. The number of nitrogens with one attached hydrogen (secondary N) is 1. The molecule has 3 heteroatoms. The highest BCUT2D eigenvalue weighted by Gasteiger charge is 2.25. The van der Waals surface area contributed by atoms with Crippen LogP contribution in [-0.2, 0) is 4.79 Å². The van der Waals surface area contributed by atoms with Crippen molar-refractivity contribution in [1.82, 2.24) is 5.32 Å². The number of carbonyl (C=O) groups excluding carboxylic acids is 1. The van der Waals surface area contributed by atoms with Gasteiger partial charge in [0.05, 0.1) is 0 Å². The van der Waals surface area contributed by atoms with Crippen LogP contribution in [0.3, 0.4) is 0 Å². The van der Waals surface area contributed by atoms with Crippen LogP contribution in [0.1, 0.15) is 27.2 Å². The first kappa shape index (κ1) is 9.90. The van der Waals surface area contributed by atoms with Gasteiger partial charge in [-0.15, -0.1) is 0 Å². The van der Waals surface area contributed by atoms with E-state index in [9.17, 15) is 4.79 Å². The summed E-state index contributed by atoms with van der Waals surface area (Å²) in [6, 6.07) is 0.407. The smallest absolute Gasteiger partial charge is 0.222 e. The Kier molecular flexibility index (Phi) is 3.44. The maximum absolute atomic E-state index is 11.3. The summed E-state index contributed by atoms with van der Waals surface area (Å²) in [5.41, 5.74) is 0. The van der Waals surface area contributed by atoms with Gasteiger partial charge in [0.2, 0.25) is 5.91 Å². The molecule has 1 aliphatic rings. The van der Waals surface area contributed by atoms with E-state index in [1.807, 2.05) is 25.6 Å². The lowest BCUT2D eigenvalue weighted by Crippen LogP contribution is -2.40. The molecule has 2 atom stereocenters. The van der Waals surface area contributed by atoms with Crippen molar-refractivity contribution >= 4 is 17.7 Å². The summed E-state index contributed by atoms with van der Waals surface area (Å²) in [6.07, 6.45) is 1.13. The summed E-state index contributed by atoms with van der Waals surface area (Å²) in [5.74, 6) is 1.49. The first-order valence-corrected chi connectivity index (χ1v) is 5.58. The molecule has 0 saturated carbocycles.